The van der Waals surface area contributed by atoms with E-state index in [1.54, 1.807) is 36.5 Å². The summed E-state index contributed by atoms with van der Waals surface area (Å²) in [6.07, 6.45) is 2.69. The Bertz CT molecular complexity index is 702. The molecule has 0 aliphatic carbocycles. The van der Waals surface area contributed by atoms with Gasteiger partial charge in [-0.3, -0.25) is 4.79 Å². The number of pyridine rings is 1. The number of anilines is 2. The normalized spacial score (nSPS) is 10.2. The van der Waals surface area contributed by atoms with Gasteiger partial charge >= 0.3 is 0 Å². The molecule has 24 heavy (non-hydrogen) atoms. The van der Waals surface area contributed by atoms with Gasteiger partial charge in [0.15, 0.2) is 0 Å². The minimum Gasteiger partial charge on any atom is -0.384 e. The summed E-state index contributed by atoms with van der Waals surface area (Å²) in [6.45, 7) is 1.88. The van der Waals surface area contributed by atoms with Gasteiger partial charge in [-0.25, -0.2) is 4.98 Å². The van der Waals surface area contributed by atoms with Crippen LogP contribution in [0.3, 0.4) is 0 Å². The maximum absolute atomic E-state index is 12.2. The van der Waals surface area contributed by atoms with Crippen LogP contribution in [-0.4, -0.2) is 43.0 Å². The van der Waals surface area contributed by atoms with Crippen LogP contribution >= 0.6 is 0 Å². The standard InChI is InChI=1S/C18H21N5O/c1-23(2)11-3-10-20-16-8-9-17(21-13-16)18(24)22-15-6-4-14(12-19)5-7-15/h4-9,13,20H,3,10-11H2,1-2H3,(H,22,24). The highest BCUT2D eigenvalue weighted by Crippen LogP contribution is 2.11. The number of hydrogen-bond acceptors (Lipinski definition) is 5. The highest BCUT2D eigenvalue weighted by atomic mass is 16.1. The number of hydrogen-bond donors (Lipinski definition) is 2. The van der Waals surface area contributed by atoms with Crippen LogP contribution in [0.1, 0.15) is 22.5 Å². The first-order chi connectivity index (χ1) is 11.6. The van der Waals surface area contributed by atoms with Crippen LogP contribution < -0.4 is 10.6 Å². The van der Waals surface area contributed by atoms with Gasteiger partial charge in [0.1, 0.15) is 5.69 Å². The van der Waals surface area contributed by atoms with Crippen molar-refractivity contribution in [2.24, 2.45) is 0 Å². The van der Waals surface area contributed by atoms with Crippen LogP contribution in [0.15, 0.2) is 42.6 Å². The predicted octanol–water partition coefficient (Wildman–Crippen LogP) is 2.57. The number of benzene rings is 1. The molecule has 2 aromatic rings. The summed E-state index contributed by atoms with van der Waals surface area (Å²) < 4.78 is 0. The van der Waals surface area contributed by atoms with E-state index >= 15 is 0 Å². The molecular formula is C18H21N5O. The van der Waals surface area contributed by atoms with Crippen molar-refractivity contribution >= 4 is 17.3 Å². The van der Waals surface area contributed by atoms with Crippen molar-refractivity contribution in [1.82, 2.24) is 9.88 Å². The van der Waals surface area contributed by atoms with E-state index in [0.717, 1.165) is 25.2 Å². The highest BCUT2D eigenvalue weighted by molar-refractivity contribution is 6.02. The molecule has 0 aliphatic rings. The van der Waals surface area contributed by atoms with Crippen molar-refractivity contribution < 1.29 is 4.79 Å². The second kappa shape index (κ2) is 8.65. The van der Waals surface area contributed by atoms with Gasteiger partial charge < -0.3 is 15.5 Å². The van der Waals surface area contributed by atoms with E-state index in [9.17, 15) is 4.79 Å². The van der Waals surface area contributed by atoms with Crippen molar-refractivity contribution in [2.45, 2.75) is 6.42 Å². The number of aromatic nitrogens is 1. The molecule has 0 atom stereocenters. The zero-order chi connectivity index (χ0) is 17.4. The predicted molar refractivity (Wildman–Crippen MR) is 95.0 cm³/mol. The van der Waals surface area contributed by atoms with Crippen LogP contribution in [0.25, 0.3) is 0 Å². The first-order valence-electron chi connectivity index (χ1n) is 7.74. The van der Waals surface area contributed by atoms with Gasteiger partial charge in [0, 0.05) is 12.2 Å². The molecule has 6 heteroatoms. The van der Waals surface area contributed by atoms with Crippen molar-refractivity contribution in [3.05, 3.63) is 53.9 Å². The fraction of sp³-hybridized carbons (Fsp3) is 0.278. The summed E-state index contributed by atoms with van der Waals surface area (Å²) in [5.74, 6) is -0.279. The van der Waals surface area contributed by atoms with Crippen LogP contribution in [-0.2, 0) is 0 Å². The summed E-state index contributed by atoms with van der Waals surface area (Å²) >= 11 is 0. The number of rotatable bonds is 7. The van der Waals surface area contributed by atoms with E-state index in [1.807, 2.05) is 26.2 Å². The maximum atomic E-state index is 12.2. The molecule has 1 aromatic heterocycles. The Hall–Kier alpha value is -2.91. The van der Waals surface area contributed by atoms with Gasteiger partial charge in [-0.2, -0.15) is 5.26 Å². The third kappa shape index (κ3) is 5.38. The molecule has 0 unspecified atom stereocenters. The molecule has 0 fully saturated rings. The number of nitriles is 1. The van der Waals surface area contributed by atoms with Crippen LogP contribution in [0, 0.1) is 11.3 Å². The lowest BCUT2D eigenvalue weighted by Crippen LogP contribution is -2.16. The third-order valence-corrected chi connectivity index (χ3v) is 3.38. The maximum Gasteiger partial charge on any atom is 0.274 e. The van der Waals surface area contributed by atoms with E-state index in [-0.39, 0.29) is 5.91 Å². The lowest BCUT2D eigenvalue weighted by Gasteiger charge is -2.10. The van der Waals surface area contributed by atoms with Gasteiger partial charge in [0.2, 0.25) is 0 Å². The zero-order valence-corrected chi connectivity index (χ0v) is 13.9. The summed E-state index contributed by atoms with van der Waals surface area (Å²) in [5.41, 5.74) is 2.42. The first kappa shape index (κ1) is 17.4. The molecule has 1 aromatic carbocycles. The van der Waals surface area contributed by atoms with Gasteiger partial charge in [-0.1, -0.05) is 0 Å². The average Bonchev–Trinajstić information content (AvgIpc) is 2.59. The van der Waals surface area contributed by atoms with Crippen molar-refractivity contribution in [1.29, 1.82) is 5.26 Å². The molecule has 0 radical (unpaired) electrons. The fourth-order valence-electron chi connectivity index (χ4n) is 2.08. The fourth-order valence-corrected chi connectivity index (χ4v) is 2.08. The second-order valence-corrected chi connectivity index (χ2v) is 5.66. The Morgan fingerprint density at radius 1 is 1.17 bits per heavy atom. The molecule has 1 amide bonds. The van der Waals surface area contributed by atoms with Crippen molar-refractivity contribution in [3.8, 4) is 6.07 Å². The van der Waals surface area contributed by atoms with Crippen LogP contribution in [0.5, 0.6) is 0 Å². The summed E-state index contributed by atoms with van der Waals surface area (Å²) in [4.78, 5) is 18.5. The number of carbonyl (C=O) groups excluding carboxylic acids is 1. The molecular weight excluding hydrogens is 302 g/mol. The van der Waals surface area contributed by atoms with Crippen LogP contribution in [0.2, 0.25) is 0 Å². The van der Waals surface area contributed by atoms with Gasteiger partial charge in [0.05, 0.1) is 23.5 Å². The number of amides is 1. The Morgan fingerprint density at radius 2 is 1.88 bits per heavy atom. The van der Waals surface area contributed by atoms with E-state index in [0.29, 0.717) is 16.9 Å². The molecule has 0 aliphatic heterocycles. The van der Waals surface area contributed by atoms with Crippen molar-refractivity contribution in [3.63, 3.8) is 0 Å². The minimum absolute atomic E-state index is 0.279. The molecule has 2 rings (SSSR count). The monoisotopic (exact) mass is 323 g/mol. The van der Waals surface area contributed by atoms with Gasteiger partial charge in [0.25, 0.3) is 5.91 Å². The number of nitrogens with one attached hydrogen (secondary N) is 2. The quantitative estimate of drug-likeness (QED) is 0.765. The Balaban J connectivity index is 1.87. The Morgan fingerprint density at radius 3 is 2.46 bits per heavy atom. The smallest absolute Gasteiger partial charge is 0.274 e. The lowest BCUT2D eigenvalue weighted by molar-refractivity contribution is 0.102. The molecule has 0 saturated carbocycles. The van der Waals surface area contributed by atoms with Gasteiger partial charge in [-0.05, 0) is 63.5 Å². The second-order valence-electron chi connectivity index (χ2n) is 5.66. The molecule has 6 nitrogen and oxygen atoms in total. The molecule has 0 saturated heterocycles. The summed E-state index contributed by atoms with van der Waals surface area (Å²) in [5, 5.41) is 14.8. The third-order valence-electron chi connectivity index (χ3n) is 3.38. The number of carbonyl (C=O) groups is 1. The minimum atomic E-state index is -0.279. The zero-order valence-electron chi connectivity index (χ0n) is 13.9. The lowest BCUT2D eigenvalue weighted by atomic mass is 10.2. The topological polar surface area (TPSA) is 81.0 Å². The SMILES string of the molecule is CN(C)CCCNc1ccc(C(=O)Nc2ccc(C#N)cc2)nc1. The first-order valence-corrected chi connectivity index (χ1v) is 7.74. The summed E-state index contributed by atoms with van der Waals surface area (Å²) in [7, 11) is 4.09. The number of nitrogens with zero attached hydrogens (tertiary/aromatic N) is 3. The largest absolute Gasteiger partial charge is 0.384 e. The van der Waals surface area contributed by atoms with Crippen LogP contribution in [0.4, 0.5) is 11.4 Å². The van der Waals surface area contributed by atoms with Gasteiger partial charge in [-0.15, -0.1) is 0 Å². The summed E-state index contributed by atoms with van der Waals surface area (Å²) in [6, 6.07) is 12.3. The molecule has 0 bridgehead atoms. The highest BCUT2D eigenvalue weighted by Gasteiger charge is 2.07. The average molecular weight is 323 g/mol. The molecule has 0 spiro atoms. The van der Waals surface area contributed by atoms with E-state index < -0.39 is 0 Å². The van der Waals surface area contributed by atoms with Crippen molar-refractivity contribution in [2.75, 3.05) is 37.8 Å². The Labute approximate surface area is 142 Å². The molecule has 124 valence electrons. The van der Waals surface area contributed by atoms with E-state index in [4.69, 9.17) is 5.26 Å². The van der Waals surface area contributed by atoms with E-state index in [2.05, 4.69) is 20.5 Å². The molecule has 2 N–H and O–H groups in total. The molecule has 1 heterocycles. The van der Waals surface area contributed by atoms with E-state index in [1.165, 1.54) is 0 Å². The Kier molecular flexibility index (Phi) is 6.29.